The number of aliphatic imine (C=N–C) groups is 1. The van der Waals surface area contributed by atoms with Crippen molar-refractivity contribution in [1.82, 2.24) is 4.98 Å². The Hall–Kier alpha value is -2.45. The van der Waals surface area contributed by atoms with Crippen LogP contribution in [0.2, 0.25) is 0 Å². The molecule has 0 radical (unpaired) electrons. The number of nitrogens with one attached hydrogen (secondary N) is 1. The van der Waals surface area contributed by atoms with E-state index in [1.165, 1.54) is 11.3 Å². The number of allylic oxidation sites excluding steroid dienone is 6. The molecule has 0 atom stereocenters. The summed E-state index contributed by atoms with van der Waals surface area (Å²) >= 11 is 1.43. The lowest BCUT2D eigenvalue weighted by Crippen LogP contribution is -2.27. The molecule has 0 unspecified atom stereocenters. The van der Waals surface area contributed by atoms with E-state index in [1.54, 1.807) is 12.3 Å². The summed E-state index contributed by atoms with van der Waals surface area (Å²) in [6, 6.07) is 1.67. The Morgan fingerprint density at radius 2 is 2.00 bits per heavy atom. The third kappa shape index (κ3) is 4.94. The number of aromatic nitrogens is 1. The molecule has 0 amide bonds. The summed E-state index contributed by atoms with van der Waals surface area (Å²) in [6.07, 6.45) is 12.5. The first-order valence-corrected chi connectivity index (χ1v) is 12.1. The largest absolute Gasteiger partial charge is 0.383 e. The normalized spacial score (nSPS) is 19.0. The van der Waals surface area contributed by atoms with Gasteiger partial charge in [0.15, 0.2) is 0 Å². The molecule has 1 fully saturated rings. The Balaban J connectivity index is 1.98. The highest BCUT2D eigenvalue weighted by molar-refractivity contribution is 7.91. The summed E-state index contributed by atoms with van der Waals surface area (Å²) in [5.74, 6) is 0.647. The van der Waals surface area contributed by atoms with Crippen LogP contribution in [0.5, 0.6) is 0 Å². The summed E-state index contributed by atoms with van der Waals surface area (Å²) < 4.78 is 24.1. The maximum atomic E-state index is 12.4. The molecule has 6 nitrogen and oxygen atoms in total. The highest BCUT2D eigenvalue weighted by Crippen LogP contribution is 2.31. The van der Waals surface area contributed by atoms with Crippen molar-refractivity contribution in [2.75, 3.05) is 11.5 Å². The van der Waals surface area contributed by atoms with Crippen LogP contribution in [0, 0.1) is 0 Å². The SMILES string of the molecule is C\C=C/C=C\C(=C/C)c1c[nH]c(=O)c2cc(C(N)=NC3CCS(=O)(=O)CC3)sc12. The minimum absolute atomic E-state index is 0.101. The topological polar surface area (TPSA) is 105 Å². The molecular formula is C21H25N3O3S2. The quantitative estimate of drug-likeness (QED) is 0.430. The molecule has 0 aliphatic carbocycles. The maximum absolute atomic E-state index is 12.4. The molecule has 29 heavy (non-hydrogen) atoms. The van der Waals surface area contributed by atoms with E-state index in [1.807, 2.05) is 44.2 Å². The Kier molecular flexibility index (Phi) is 6.54. The lowest BCUT2D eigenvalue weighted by atomic mass is 10.1. The minimum Gasteiger partial charge on any atom is -0.383 e. The summed E-state index contributed by atoms with van der Waals surface area (Å²) in [5, 5.41) is 0.575. The first kappa shape index (κ1) is 21.3. The monoisotopic (exact) mass is 431 g/mol. The van der Waals surface area contributed by atoms with Gasteiger partial charge in [-0.1, -0.05) is 30.4 Å². The lowest BCUT2D eigenvalue weighted by molar-refractivity contribution is 0.548. The molecular weight excluding hydrogens is 406 g/mol. The number of pyridine rings is 1. The number of hydrogen-bond acceptors (Lipinski definition) is 5. The number of fused-ring (bicyclic) bond motifs is 1. The number of hydrogen-bond donors (Lipinski definition) is 2. The Labute approximate surface area is 174 Å². The number of thiophene rings is 1. The standard InChI is InChI=1S/C21H25N3O3S2/c1-3-5-6-7-14(4-2)17-13-23-21(25)16-12-18(28-19(16)17)20(22)24-15-8-10-29(26,27)11-9-15/h3-7,12-13,15H,8-11H2,1-2H3,(H2,22,24)(H,23,25)/b5-3-,7-6-,14-4+. The molecule has 2 aromatic heterocycles. The van der Waals surface area contributed by atoms with Gasteiger partial charge in [-0.3, -0.25) is 9.79 Å². The molecule has 0 spiro atoms. The van der Waals surface area contributed by atoms with Gasteiger partial charge in [0.05, 0.1) is 27.8 Å². The smallest absolute Gasteiger partial charge is 0.256 e. The fourth-order valence-corrected chi connectivity index (χ4v) is 5.83. The van der Waals surface area contributed by atoms with E-state index in [9.17, 15) is 13.2 Å². The van der Waals surface area contributed by atoms with Crippen LogP contribution >= 0.6 is 11.3 Å². The van der Waals surface area contributed by atoms with Crippen molar-refractivity contribution in [2.24, 2.45) is 10.7 Å². The first-order valence-electron chi connectivity index (χ1n) is 9.50. The second-order valence-corrected chi connectivity index (χ2v) is 10.3. The molecule has 3 rings (SSSR count). The van der Waals surface area contributed by atoms with E-state index in [0.717, 1.165) is 20.7 Å². The predicted molar refractivity (Wildman–Crippen MR) is 122 cm³/mol. The van der Waals surface area contributed by atoms with Gasteiger partial charge in [0, 0.05) is 16.5 Å². The van der Waals surface area contributed by atoms with E-state index >= 15 is 0 Å². The van der Waals surface area contributed by atoms with Crippen molar-refractivity contribution >= 4 is 42.7 Å². The molecule has 1 saturated heterocycles. The van der Waals surface area contributed by atoms with Crippen LogP contribution in [0.25, 0.3) is 15.7 Å². The van der Waals surface area contributed by atoms with Crippen molar-refractivity contribution in [3.8, 4) is 0 Å². The number of rotatable bonds is 5. The van der Waals surface area contributed by atoms with Crippen molar-refractivity contribution in [1.29, 1.82) is 0 Å². The molecule has 0 saturated carbocycles. The van der Waals surface area contributed by atoms with E-state index in [0.29, 0.717) is 24.1 Å². The minimum atomic E-state index is -2.94. The predicted octanol–water partition coefficient (Wildman–Crippen LogP) is 3.41. The van der Waals surface area contributed by atoms with Crippen LogP contribution in [0.1, 0.15) is 37.1 Å². The molecule has 1 aliphatic rings. The number of nitrogens with zero attached hydrogens (tertiary/aromatic N) is 1. The van der Waals surface area contributed by atoms with Gasteiger partial charge in [0.1, 0.15) is 15.7 Å². The van der Waals surface area contributed by atoms with Crippen LogP contribution in [-0.4, -0.2) is 36.8 Å². The fraction of sp³-hybridized carbons (Fsp3) is 0.333. The summed E-state index contributed by atoms with van der Waals surface area (Å²) in [5.41, 5.74) is 7.97. The van der Waals surface area contributed by atoms with Crippen LogP contribution in [-0.2, 0) is 9.84 Å². The summed E-state index contributed by atoms with van der Waals surface area (Å²) in [7, 11) is -2.94. The van der Waals surface area contributed by atoms with E-state index in [4.69, 9.17) is 5.73 Å². The number of H-pyrrole nitrogens is 1. The molecule has 2 aromatic rings. The molecule has 8 heteroatoms. The number of nitrogens with two attached hydrogens (primary N) is 1. The van der Waals surface area contributed by atoms with Crippen LogP contribution in [0.4, 0.5) is 0 Å². The van der Waals surface area contributed by atoms with Gasteiger partial charge in [0.25, 0.3) is 5.56 Å². The molecule has 154 valence electrons. The van der Waals surface area contributed by atoms with Crippen LogP contribution < -0.4 is 11.3 Å². The van der Waals surface area contributed by atoms with Gasteiger partial charge in [-0.15, -0.1) is 11.3 Å². The maximum Gasteiger partial charge on any atom is 0.256 e. The van der Waals surface area contributed by atoms with Gasteiger partial charge in [-0.25, -0.2) is 8.42 Å². The van der Waals surface area contributed by atoms with Gasteiger partial charge in [-0.05, 0) is 38.3 Å². The van der Waals surface area contributed by atoms with Crippen molar-refractivity contribution in [2.45, 2.75) is 32.7 Å². The molecule has 3 heterocycles. The van der Waals surface area contributed by atoms with Gasteiger partial charge < -0.3 is 10.7 Å². The lowest BCUT2D eigenvalue weighted by Gasteiger charge is -2.18. The first-order chi connectivity index (χ1) is 13.8. The average molecular weight is 432 g/mol. The zero-order valence-corrected chi connectivity index (χ0v) is 18.1. The second-order valence-electron chi connectivity index (χ2n) is 6.91. The highest BCUT2D eigenvalue weighted by atomic mass is 32.2. The number of sulfone groups is 1. The fourth-order valence-electron chi connectivity index (χ4n) is 3.26. The average Bonchev–Trinajstić information content (AvgIpc) is 3.14. The third-order valence-corrected chi connectivity index (χ3v) is 7.77. The van der Waals surface area contributed by atoms with Crippen molar-refractivity contribution < 1.29 is 8.42 Å². The Bertz CT molecular complexity index is 1170. The van der Waals surface area contributed by atoms with Gasteiger partial charge in [0.2, 0.25) is 0 Å². The zero-order valence-electron chi connectivity index (χ0n) is 16.5. The van der Waals surface area contributed by atoms with Gasteiger partial charge >= 0.3 is 0 Å². The van der Waals surface area contributed by atoms with Crippen molar-refractivity contribution in [3.05, 3.63) is 63.4 Å². The zero-order chi connectivity index (χ0) is 21.0. The molecule has 0 aromatic carbocycles. The van der Waals surface area contributed by atoms with Crippen LogP contribution in [0.15, 0.2) is 52.4 Å². The summed E-state index contributed by atoms with van der Waals surface area (Å²) in [6.45, 7) is 3.90. The van der Waals surface area contributed by atoms with Crippen LogP contribution in [0.3, 0.4) is 0 Å². The molecule has 3 N–H and O–H groups in total. The van der Waals surface area contributed by atoms with E-state index in [2.05, 4.69) is 9.98 Å². The van der Waals surface area contributed by atoms with E-state index < -0.39 is 9.84 Å². The molecule has 0 bridgehead atoms. The highest BCUT2D eigenvalue weighted by Gasteiger charge is 2.23. The molecule has 1 aliphatic heterocycles. The Morgan fingerprint density at radius 1 is 1.28 bits per heavy atom. The van der Waals surface area contributed by atoms with Gasteiger partial charge in [-0.2, -0.15) is 0 Å². The summed E-state index contributed by atoms with van der Waals surface area (Å²) in [4.78, 5) is 20.4. The number of amidine groups is 1. The Morgan fingerprint density at radius 3 is 2.66 bits per heavy atom. The van der Waals surface area contributed by atoms with E-state index in [-0.39, 0.29) is 23.1 Å². The number of aromatic amines is 1. The van der Waals surface area contributed by atoms with Crippen molar-refractivity contribution in [3.63, 3.8) is 0 Å². The third-order valence-electron chi connectivity index (χ3n) is 4.87. The second kappa shape index (κ2) is 8.92.